The number of nitrogens with one attached hydrogen (secondary N) is 1. The lowest BCUT2D eigenvalue weighted by Crippen LogP contribution is -2.69. The van der Waals surface area contributed by atoms with E-state index in [-0.39, 0.29) is 11.5 Å². The summed E-state index contributed by atoms with van der Waals surface area (Å²) in [6.07, 6.45) is -2.09. The smallest absolute Gasteiger partial charge is 0.475 e. The molecular weight excluding hydrogens is 397 g/mol. The fourth-order valence-electron chi connectivity index (χ4n) is 2.79. The second-order valence-corrected chi connectivity index (χ2v) is 6.39. The Morgan fingerprint density at radius 1 is 1.28 bits per heavy atom. The summed E-state index contributed by atoms with van der Waals surface area (Å²) < 4.78 is 39.1. The number of aromatic nitrogens is 4. The molecular formula is C16H17F3N6O4. The molecule has 4 rings (SSSR count). The maximum atomic E-state index is 12.7. The molecule has 0 saturated carbocycles. The molecule has 2 aliphatic rings. The number of pyridine rings is 1. The Bertz CT molecular complexity index is 870. The van der Waals surface area contributed by atoms with Gasteiger partial charge >= 0.3 is 12.1 Å². The van der Waals surface area contributed by atoms with Gasteiger partial charge in [-0.2, -0.15) is 18.3 Å². The van der Waals surface area contributed by atoms with Gasteiger partial charge in [-0.05, 0) is 12.1 Å². The summed E-state index contributed by atoms with van der Waals surface area (Å²) >= 11 is 0. The number of carboxylic acids is 1. The number of ether oxygens (including phenoxy) is 1. The van der Waals surface area contributed by atoms with E-state index in [0.717, 1.165) is 13.1 Å². The van der Waals surface area contributed by atoms with Crippen LogP contribution in [0.1, 0.15) is 10.5 Å². The molecule has 0 radical (unpaired) electrons. The summed E-state index contributed by atoms with van der Waals surface area (Å²) in [5, 5.41) is 14.4. The molecule has 2 saturated heterocycles. The monoisotopic (exact) mass is 414 g/mol. The van der Waals surface area contributed by atoms with Crippen molar-refractivity contribution in [2.45, 2.75) is 11.8 Å². The highest BCUT2D eigenvalue weighted by Gasteiger charge is 2.43. The van der Waals surface area contributed by atoms with Crippen molar-refractivity contribution in [3.63, 3.8) is 0 Å². The SMILES string of the molecule is O=C(O)C(F)(F)F.O=C(c1cccc(-n2cncn2)n1)N1CCOC2(CNC2)C1. The van der Waals surface area contributed by atoms with Gasteiger partial charge in [0.25, 0.3) is 5.91 Å². The van der Waals surface area contributed by atoms with Crippen LogP contribution < -0.4 is 5.32 Å². The van der Waals surface area contributed by atoms with E-state index < -0.39 is 12.1 Å². The largest absolute Gasteiger partial charge is 0.490 e. The minimum atomic E-state index is -5.08. The zero-order valence-electron chi connectivity index (χ0n) is 15.0. The molecule has 0 aromatic carbocycles. The number of halogens is 3. The number of nitrogens with zero attached hydrogens (tertiary/aromatic N) is 5. The Hall–Kier alpha value is -3.06. The quantitative estimate of drug-likeness (QED) is 0.710. The van der Waals surface area contributed by atoms with Gasteiger partial charge in [-0.25, -0.2) is 19.4 Å². The molecule has 13 heteroatoms. The molecule has 10 nitrogen and oxygen atoms in total. The molecule has 156 valence electrons. The van der Waals surface area contributed by atoms with Crippen LogP contribution in [0.2, 0.25) is 0 Å². The van der Waals surface area contributed by atoms with E-state index in [1.165, 1.54) is 11.0 Å². The number of aliphatic carboxylic acids is 1. The van der Waals surface area contributed by atoms with Gasteiger partial charge in [-0.1, -0.05) is 6.07 Å². The van der Waals surface area contributed by atoms with E-state index in [2.05, 4.69) is 20.4 Å². The number of alkyl halides is 3. The predicted octanol–water partition coefficient (Wildman–Crippen LogP) is 0.110. The molecule has 2 aromatic rings. The van der Waals surface area contributed by atoms with Crippen LogP contribution in [0.4, 0.5) is 13.2 Å². The predicted molar refractivity (Wildman–Crippen MR) is 90.3 cm³/mol. The first-order valence-corrected chi connectivity index (χ1v) is 8.46. The molecule has 2 fully saturated rings. The van der Waals surface area contributed by atoms with E-state index in [1.807, 2.05) is 4.90 Å². The lowest BCUT2D eigenvalue weighted by molar-refractivity contribution is -0.192. The van der Waals surface area contributed by atoms with Gasteiger partial charge in [0.15, 0.2) is 5.82 Å². The second-order valence-electron chi connectivity index (χ2n) is 6.39. The number of hydrogen-bond acceptors (Lipinski definition) is 7. The van der Waals surface area contributed by atoms with Crippen LogP contribution in [-0.4, -0.2) is 86.2 Å². The number of rotatable bonds is 2. The number of carboxylic acid groups (broad SMARTS) is 1. The highest BCUT2D eigenvalue weighted by atomic mass is 19.4. The zero-order chi connectivity index (χ0) is 21.1. The lowest BCUT2D eigenvalue weighted by atomic mass is 9.94. The van der Waals surface area contributed by atoms with Gasteiger partial charge in [0, 0.05) is 19.6 Å². The molecule has 1 amide bonds. The molecule has 0 bridgehead atoms. The summed E-state index contributed by atoms with van der Waals surface area (Å²) in [5.74, 6) is -2.25. The molecule has 2 N–H and O–H groups in total. The Morgan fingerprint density at radius 3 is 2.55 bits per heavy atom. The summed E-state index contributed by atoms with van der Waals surface area (Å²) in [6.45, 7) is 3.35. The normalized spacial score (nSPS) is 17.8. The maximum absolute atomic E-state index is 12.7. The number of amides is 1. The Balaban J connectivity index is 0.000000298. The van der Waals surface area contributed by atoms with Crippen LogP contribution in [0.3, 0.4) is 0 Å². The van der Waals surface area contributed by atoms with Crippen LogP contribution >= 0.6 is 0 Å². The minimum Gasteiger partial charge on any atom is -0.475 e. The molecule has 0 aliphatic carbocycles. The van der Waals surface area contributed by atoms with E-state index in [0.29, 0.717) is 31.2 Å². The third-order valence-electron chi connectivity index (χ3n) is 4.28. The summed E-state index contributed by atoms with van der Waals surface area (Å²) in [5.41, 5.74) is 0.203. The third-order valence-corrected chi connectivity index (χ3v) is 4.28. The minimum absolute atomic E-state index is 0.0726. The Kier molecular flexibility index (Phi) is 5.79. The summed E-state index contributed by atoms with van der Waals surface area (Å²) in [7, 11) is 0. The molecule has 0 unspecified atom stereocenters. The van der Waals surface area contributed by atoms with Gasteiger partial charge in [0.2, 0.25) is 0 Å². The molecule has 0 atom stereocenters. The van der Waals surface area contributed by atoms with Crippen molar-refractivity contribution >= 4 is 11.9 Å². The van der Waals surface area contributed by atoms with Gasteiger partial charge in [-0.15, -0.1) is 0 Å². The van der Waals surface area contributed by atoms with Crippen molar-refractivity contribution in [2.24, 2.45) is 0 Å². The molecule has 29 heavy (non-hydrogen) atoms. The fourth-order valence-corrected chi connectivity index (χ4v) is 2.79. The van der Waals surface area contributed by atoms with Gasteiger partial charge < -0.3 is 20.1 Å². The van der Waals surface area contributed by atoms with E-state index in [1.54, 1.807) is 24.5 Å². The first-order valence-electron chi connectivity index (χ1n) is 8.46. The molecule has 2 aliphatic heterocycles. The number of carbonyl (C=O) groups excluding carboxylic acids is 1. The molecule has 1 spiro atoms. The van der Waals surface area contributed by atoms with E-state index >= 15 is 0 Å². The van der Waals surface area contributed by atoms with Crippen molar-refractivity contribution in [1.82, 2.24) is 30.0 Å². The highest BCUT2D eigenvalue weighted by molar-refractivity contribution is 5.92. The van der Waals surface area contributed by atoms with Crippen molar-refractivity contribution in [3.8, 4) is 5.82 Å². The van der Waals surface area contributed by atoms with Crippen LogP contribution in [0, 0.1) is 0 Å². The van der Waals surface area contributed by atoms with Crippen molar-refractivity contribution in [1.29, 1.82) is 0 Å². The standard InChI is InChI=1S/C14H16N6O2.C2HF3O2/c21-13(19-4-5-22-14(8-19)6-15-7-14)11-2-1-3-12(18-11)20-10-16-9-17-20;3-2(4,5)1(6)7/h1-3,9-10,15H,4-8H2;(H,6,7). The average molecular weight is 414 g/mol. The topological polar surface area (TPSA) is 122 Å². The first-order chi connectivity index (χ1) is 13.7. The second kappa shape index (κ2) is 8.13. The first kappa shape index (κ1) is 20.7. The zero-order valence-corrected chi connectivity index (χ0v) is 15.0. The van der Waals surface area contributed by atoms with Crippen LogP contribution in [-0.2, 0) is 9.53 Å². The molecule has 4 heterocycles. The van der Waals surface area contributed by atoms with Crippen LogP contribution in [0.25, 0.3) is 5.82 Å². The van der Waals surface area contributed by atoms with Gasteiger partial charge in [-0.3, -0.25) is 4.79 Å². The van der Waals surface area contributed by atoms with Crippen molar-refractivity contribution in [3.05, 3.63) is 36.5 Å². The van der Waals surface area contributed by atoms with Gasteiger partial charge in [0.05, 0.1) is 13.2 Å². The highest BCUT2D eigenvalue weighted by Crippen LogP contribution is 2.23. The summed E-state index contributed by atoms with van der Waals surface area (Å²) in [4.78, 5) is 31.7. The van der Waals surface area contributed by atoms with Crippen molar-refractivity contribution in [2.75, 3.05) is 32.8 Å². The number of morpholine rings is 1. The van der Waals surface area contributed by atoms with E-state index in [9.17, 15) is 18.0 Å². The summed E-state index contributed by atoms with van der Waals surface area (Å²) in [6, 6.07) is 5.32. The maximum Gasteiger partial charge on any atom is 0.490 e. The third kappa shape index (κ3) is 4.86. The number of hydrogen-bond donors (Lipinski definition) is 2. The molecule has 2 aromatic heterocycles. The number of carbonyl (C=O) groups is 2. The van der Waals surface area contributed by atoms with Crippen molar-refractivity contribution < 1.29 is 32.6 Å². The Labute approximate surface area is 162 Å². The van der Waals surface area contributed by atoms with Crippen LogP contribution in [0.5, 0.6) is 0 Å². The van der Waals surface area contributed by atoms with Gasteiger partial charge in [0.1, 0.15) is 23.9 Å². The fraction of sp³-hybridized carbons (Fsp3) is 0.438. The average Bonchev–Trinajstić information content (AvgIpc) is 3.21. The van der Waals surface area contributed by atoms with Crippen LogP contribution in [0.15, 0.2) is 30.9 Å². The van der Waals surface area contributed by atoms with E-state index in [4.69, 9.17) is 14.6 Å². The Morgan fingerprint density at radius 2 is 2.00 bits per heavy atom. The lowest BCUT2D eigenvalue weighted by Gasteiger charge is -2.48.